The summed E-state index contributed by atoms with van der Waals surface area (Å²) < 4.78 is 39.1. The molecule has 7 heteroatoms. The SMILES string of the molecule is CN(C)C(C)(C)CNc1ccc(C(N)=S)c(C(F)(F)F)c1. The first-order valence-electron chi connectivity index (χ1n) is 6.37. The number of thiocarbonyl (C=S) groups is 1. The van der Waals surface area contributed by atoms with E-state index in [0.717, 1.165) is 6.07 Å². The van der Waals surface area contributed by atoms with Gasteiger partial charge in [-0.1, -0.05) is 12.2 Å². The summed E-state index contributed by atoms with van der Waals surface area (Å²) in [7, 11) is 3.83. The van der Waals surface area contributed by atoms with Gasteiger partial charge in [-0.15, -0.1) is 0 Å². The number of anilines is 1. The van der Waals surface area contributed by atoms with Crippen LogP contribution in [-0.4, -0.2) is 36.1 Å². The molecule has 0 bridgehead atoms. The van der Waals surface area contributed by atoms with Crippen LogP contribution in [0.15, 0.2) is 18.2 Å². The number of halogens is 3. The van der Waals surface area contributed by atoms with Gasteiger partial charge in [-0.25, -0.2) is 0 Å². The minimum atomic E-state index is -4.49. The Labute approximate surface area is 128 Å². The van der Waals surface area contributed by atoms with Gasteiger partial charge >= 0.3 is 6.18 Å². The molecule has 0 saturated carbocycles. The lowest BCUT2D eigenvalue weighted by Gasteiger charge is -2.33. The Balaban J connectivity index is 3.04. The number of likely N-dealkylation sites (N-methyl/N-ethyl adjacent to an activating group) is 1. The van der Waals surface area contributed by atoms with Crippen molar-refractivity contribution >= 4 is 22.9 Å². The molecule has 0 spiro atoms. The van der Waals surface area contributed by atoms with Gasteiger partial charge in [0, 0.05) is 23.3 Å². The Morgan fingerprint density at radius 1 is 1.29 bits per heavy atom. The molecule has 0 unspecified atom stereocenters. The number of nitrogens with two attached hydrogens (primary N) is 1. The van der Waals surface area contributed by atoms with Crippen LogP contribution in [0.1, 0.15) is 25.0 Å². The molecule has 0 heterocycles. The second-order valence-electron chi connectivity index (χ2n) is 5.68. The fourth-order valence-corrected chi connectivity index (χ4v) is 1.76. The summed E-state index contributed by atoms with van der Waals surface area (Å²) in [6.07, 6.45) is -4.49. The van der Waals surface area contributed by atoms with E-state index in [-0.39, 0.29) is 16.1 Å². The normalized spacial score (nSPS) is 12.6. The van der Waals surface area contributed by atoms with Gasteiger partial charge in [0.25, 0.3) is 0 Å². The Morgan fingerprint density at radius 2 is 1.86 bits per heavy atom. The first-order valence-corrected chi connectivity index (χ1v) is 6.78. The third-order valence-corrected chi connectivity index (χ3v) is 3.75. The fraction of sp³-hybridized carbons (Fsp3) is 0.500. The van der Waals surface area contributed by atoms with Crippen molar-refractivity contribution in [1.29, 1.82) is 0 Å². The van der Waals surface area contributed by atoms with E-state index in [1.165, 1.54) is 6.07 Å². The van der Waals surface area contributed by atoms with Crippen LogP contribution in [0.2, 0.25) is 0 Å². The number of rotatable bonds is 5. The minimum absolute atomic E-state index is 0.157. The second-order valence-corrected chi connectivity index (χ2v) is 6.12. The molecular formula is C14H20F3N3S. The largest absolute Gasteiger partial charge is 0.417 e. The summed E-state index contributed by atoms with van der Waals surface area (Å²) in [5.74, 6) is 0. The molecule has 21 heavy (non-hydrogen) atoms. The van der Waals surface area contributed by atoms with Crippen molar-refractivity contribution in [3.8, 4) is 0 Å². The zero-order chi connectivity index (χ0) is 16.4. The number of alkyl halides is 3. The molecule has 0 amide bonds. The highest BCUT2D eigenvalue weighted by Gasteiger charge is 2.34. The maximum Gasteiger partial charge on any atom is 0.417 e. The van der Waals surface area contributed by atoms with E-state index in [2.05, 4.69) is 17.5 Å². The molecule has 1 rings (SSSR count). The van der Waals surface area contributed by atoms with Gasteiger partial charge in [0.1, 0.15) is 4.99 Å². The molecule has 3 nitrogen and oxygen atoms in total. The first kappa shape index (κ1) is 17.7. The van der Waals surface area contributed by atoms with Crippen molar-refractivity contribution in [3.63, 3.8) is 0 Å². The summed E-state index contributed by atoms with van der Waals surface area (Å²) in [5.41, 5.74) is 4.57. The van der Waals surface area contributed by atoms with E-state index in [0.29, 0.717) is 12.2 Å². The third kappa shape index (κ3) is 4.57. The molecule has 0 saturated heterocycles. The summed E-state index contributed by atoms with van der Waals surface area (Å²) in [5, 5.41) is 3.02. The Kier molecular flexibility index (Phi) is 5.22. The van der Waals surface area contributed by atoms with Gasteiger partial charge in [-0.2, -0.15) is 13.2 Å². The third-order valence-electron chi connectivity index (χ3n) is 3.53. The maximum absolute atomic E-state index is 13.0. The van der Waals surface area contributed by atoms with Crippen LogP contribution in [0.25, 0.3) is 0 Å². The molecule has 1 aromatic carbocycles. The van der Waals surface area contributed by atoms with Crippen LogP contribution in [-0.2, 0) is 6.18 Å². The smallest absolute Gasteiger partial charge is 0.389 e. The predicted octanol–water partition coefficient (Wildman–Crippen LogP) is 3.09. The van der Waals surface area contributed by atoms with Gasteiger partial charge in [0.05, 0.1) is 5.56 Å². The molecule has 0 fully saturated rings. The quantitative estimate of drug-likeness (QED) is 0.819. The predicted molar refractivity (Wildman–Crippen MR) is 83.6 cm³/mol. The molecular weight excluding hydrogens is 299 g/mol. The zero-order valence-electron chi connectivity index (χ0n) is 12.5. The molecule has 1 aromatic rings. The molecule has 3 N–H and O–H groups in total. The molecule has 0 aromatic heterocycles. The van der Waals surface area contributed by atoms with Crippen molar-refractivity contribution in [2.45, 2.75) is 25.6 Å². The average molecular weight is 319 g/mol. The highest BCUT2D eigenvalue weighted by Crippen LogP contribution is 2.34. The van der Waals surface area contributed by atoms with E-state index in [1.807, 2.05) is 32.8 Å². The molecule has 118 valence electrons. The number of hydrogen-bond acceptors (Lipinski definition) is 3. The van der Waals surface area contributed by atoms with Crippen LogP contribution >= 0.6 is 12.2 Å². The lowest BCUT2D eigenvalue weighted by Crippen LogP contribution is -2.44. The standard InChI is InChI=1S/C14H20F3N3S/c1-13(2,20(3)4)8-19-9-5-6-10(12(18)21)11(7-9)14(15,16)17/h5-7,19H,8H2,1-4H3,(H2,18,21). The van der Waals surface area contributed by atoms with E-state index in [1.54, 1.807) is 6.07 Å². The number of benzene rings is 1. The van der Waals surface area contributed by atoms with Crippen LogP contribution in [0.4, 0.5) is 18.9 Å². The summed E-state index contributed by atoms with van der Waals surface area (Å²) in [6.45, 7) is 4.49. The van der Waals surface area contributed by atoms with E-state index >= 15 is 0 Å². The highest BCUT2D eigenvalue weighted by molar-refractivity contribution is 7.80. The van der Waals surface area contributed by atoms with Crippen LogP contribution < -0.4 is 11.1 Å². The van der Waals surface area contributed by atoms with E-state index < -0.39 is 11.7 Å². The molecule has 0 aliphatic rings. The topological polar surface area (TPSA) is 41.3 Å². The van der Waals surface area contributed by atoms with Crippen LogP contribution in [0.3, 0.4) is 0 Å². The molecule has 0 aliphatic heterocycles. The van der Waals surface area contributed by atoms with Crippen molar-refractivity contribution in [1.82, 2.24) is 4.90 Å². The Bertz CT molecular complexity index is 525. The second kappa shape index (κ2) is 6.19. The van der Waals surface area contributed by atoms with Crippen LogP contribution in [0, 0.1) is 0 Å². The van der Waals surface area contributed by atoms with E-state index in [9.17, 15) is 13.2 Å². The highest BCUT2D eigenvalue weighted by atomic mass is 32.1. The Morgan fingerprint density at radius 3 is 2.29 bits per heavy atom. The maximum atomic E-state index is 13.0. The summed E-state index contributed by atoms with van der Waals surface area (Å²) in [4.78, 5) is 1.73. The van der Waals surface area contributed by atoms with Crippen molar-refractivity contribution < 1.29 is 13.2 Å². The number of nitrogens with one attached hydrogen (secondary N) is 1. The van der Waals surface area contributed by atoms with Gasteiger partial charge in [-0.3, -0.25) is 0 Å². The monoisotopic (exact) mass is 319 g/mol. The minimum Gasteiger partial charge on any atom is -0.389 e. The lowest BCUT2D eigenvalue weighted by atomic mass is 10.0. The van der Waals surface area contributed by atoms with Gasteiger partial charge in [-0.05, 0) is 46.1 Å². The summed E-state index contributed by atoms with van der Waals surface area (Å²) >= 11 is 4.67. The number of nitrogens with zero attached hydrogens (tertiary/aromatic N) is 1. The van der Waals surface area contributed by atoms with E-state index in [4.69, 9.17) is 5.73 Å². The van der Waals surface area contributed by atoms with Gasteiger partial charge in [0.15, 0.2) is 0 Å². The van der Waals surface area contributed by atoms with Crippen molar-refractivity contribution in [2.75, 3.05) is 26.0 Å². The molecule has 0 atom stereocenters. The molecule has 0 radical (unpaired) electrons. The Hall–Kier alpha value is -1.34. The van der Waals surface area contributed by atoms with Gasteiger partial charge in [0.2, 0.25) is 0 Å². The van der Waals surface area contributed by atoms with Crippen molar-refractivity contribution in [3.05, 3.63) is 29.3 Å². The number of hydrogen-bond donors (Lipinski definition) is 2. The average Bonchev–Trinajstić information content (AvgIpc) is 2.34. The lowest BCUT2D eigenvalue weighted by molar-refractivity contribution is -0.137. The first-order chi connectivity index (χ1) is 9.45. The summed E-state index contributed by atoms with van der Waals surface area (Å²) in [6, 6.07) is 3.89. The van der Waals surface area contributed by atoms with Gasteiger partial charge < -0.3 is 16.0 Å². The molecule has 0 aliphatic carbocycles. The fourth-order valence-electron chi connectivity index (χ4n) is 1.58. The van der Waals surface area contributed by atoms with Crippen LogP contribution in [0.5, 0.6) is 0 Å². The zero-order valence-corrected chi connectivity index (χ0v) is 13.3. The van der Waals surface area contributed by atoms with Crippen molar-refractivity contribution in [2.24, 2.45) is 5.73 Å².